The molecule has 0 bridgehead atoms. The van der Waals surface area contributed by atoms with E-state index in [0.717, 1.165) is 19.4 Å². The summed E-state index contributed by atoms with van der Waals surface area (Å²) in [7, 11) is 1.36. The third-order valence-electron chi connectivity index (χ3n) is 3.72. The molecule has 2 fully saturated rings. The highest BCUT2D eigenvalue weighted by molar-refractivity contribution is 5.87. The topological polar surface area (TPSA) is 55.8 Å². The number of carbonyl (C=O) groups excluding carboxylic acids is 2. The summed E-state index contributed by atoms with van der Waals surface area (Å²) < 4.78 is 10.2. The molecule has 1 amide bonds. The van der Waals surface area contributed by atoms with E-state index in [1.54, 1.807) is 4.90 Å². The molecule has 96 valence electrons. The van der Waals surface area contributed by atoms with Gasteiger partial charge in [-0.3, -0.25) is 9.59 Å². The van der Waals surface area contributed by atoms with Crippen molar-refractivity contribution in [2.45, 2.75) is 38.3 Å². The van der Waals surface area contributed by atoms with E-state index in [2.05, 4.69) is 0 Å². The van der Waals surface area contributed by atoms with Gasteiger partial charge in [0, 0.05) is 25.6 Å². The van der Waals surface area contributed by atoms with E-state index >= 15 is 0 Å². The van der Waals surface area contributed by atoms with Crippen molar-refractivity contribution in [1.29, 1.82) is 0 Å². The molecule has 0 aromatic heterocycles. The summed E-state index contributed by atoms with van der Waals surface area (Å²) in [5.74, 6) is -0.585. The van der Waals surface area contributed by atoms with E-state index in [1.807, 2.05) is 6.92 Å². The number of methoxy groups -OCH3 is 1. The summed E-state index contributed by atoms with van der Waals surface area (Å²) in [6, 6.07) is -0.0841. The molecule has 0 saturated carbocycles. The van der Waals surface area contributed by atoms with Crippen LogP contribution in [0.25, 0.3) is 0 Å². The Kier molecular flexibility index (Phi) is 3.66. The van der Waals surface area contributed by atoms with Gasteiger partial charge in [-0.2, -0.15) is 0 Å². The van der Waals surface area contributed by atoms with Gasteiger partial charge in [-0.15, -0.1) is 0 Å². The molecular formula is C12H19NO4. The zero-order chi connectivity index (χ0) is 12.4. The van der Waals surface area contributed by atoms with E-state index in [4.69, 9.17) is 9.47 Å². The Balaban J connectivity index is 1.98. The second-order valence-electron chi connectivity index (χ2n) is 4.76. The first kappa shape index (κ1) is 12.4. The first-order valence-corrected chi connectivity index (χ1v) is 6.12. The lowest BCUT2D eigenvalue weighted by atomic mass is 10.0. The van der Waals surface area contributed by atoms with Crippen molar-refractivity contribution in [3.05, 3.63) is 0 Å². The minimum atomic E-state index is -0.325. The van der Waals surface area contributed by atoms with Crippen molar-refractivity contribution in [1.82, 2.24) is 4.90 Å². The van der Waals surface area contributed by atoms with Gasteiger partial charge in [0.05, 0.1) is 19.1 Å². The highest BCUT2D eigenvalue weighted by atomic mass is 16.5. The Labute approximate surface area is 101 Å². The number of ether oxygens (including phenoxy) is 2. The summed E-state index contributed by atoms with van der Waals surface area (Å²) >= 11 is 0. The summed E-state index contributed by atoms with van der Waals surface area (Å²) in [6.07, 6.45) is 2.46. The number of amides is 1. The number of carbonyl (C=O) groups is 2. The van der Waals surface area contributed by atoms with Crippen LogP contribution in [-0.2, 0) is 19.1 Å². The minimum Gasteiger partial charge on any atom is -0.469 e. The number of likely N-dealkylation sites (tertiary alicyclic amines) is 1. The third-order valence-corrected chi connectivity index (χ3v) is 3.72. The lowest BCUT2D eigenvalue weighted by Gasteiger charge is -2.26. The number of rotatable bonds is 3. The molecule has 0 radical (unpaired) electrons. The van der Waals surface area contributed by atoms with E-state index in [-0.39, 0.29) is 36.4 Å². The molecular weight excluding hydrogens is 222 g/mol. The van der Waals surface area contributed by atoms with Crippen LogP contribution in [0.1, 0.15) is 26.2 Å². The molecule has 0 aromatic rings. The third kappa shape index (κ3) is 2.44. The van der Waals surface area contributed by atoms with E-state index in [1.165, 1.54) is 7.11 Å². The van der Waals surface area contributed by atoms with E-state index in [9.17, 15) is 9.59 Å². The van der Waals surface area contributed by atoms with Crippen LogP contribution in [0.15, 0.2) is 0 Å². The lowest BCUT2D eigenvalue weighted by Crippen LogP contribution is -2.40. The summed E-state index contributed by atoms with van der Waals surface area (Å²) in [5, 5.41) is 0. The molecule has 5 heteroatoms. The van der Waals surface area contributed by atoms with Crippen LogP contribution in [0.3, 0.4) is 0 Å². The van der Waals surface area contributed by atoms with Crippen molar-refractivity contribution in [2.75, 3.05) is 20.3 Å². The lowest BCUT2D eigenvalue weighted by molar-refractivity contribution is -0.146. The molecule has 0 spiro atoms. The Hall–Kier alpha value is -1.10. The molecule has 5 nitrogen and oxygen atoms in total. The highest BCUT2D eigenvalue weighted by Gasteiger charge is 2.42. The Bertz CT molecular complexity index is 312. The fourth-order valence-corrected chi connectivity index (χ4v) is 2.63. The van der Waals surface area contributed by atoms with Gasteiger partial charge >= 0.3 is 5.97 Å². The average molecular weight is 241 g/mol. The molecule has 2 heterocycles. The molecule has 2 aliphatic rings. The van der Waals surface area contributed by atoms with Crippen LogP contribution in [-0.4, -0.2) is 49.2 Å². The molecule has 2 aliphatic heterocycles. The minimum absolute atomic E-state index is 0.0309. The van der Waals surface area contributed by atoms with Crippen LogP contribution >= 0.6 is 0 Å². The van der Waals surface area contributed by atoms with Crippen LogP contribution in [0.5, 0.6) is 0 Å². The molecule has 3 atom stereocenters. The molecule has 17 heavy (non-hydrogen) atoms. The molecule has 0 aliphatic carbocycles. The Morgan fingerprint density at radius 3 is 2.94 bits per heavy atom. The summed E-state index contributed by atoms with van der Waals surface area (Å²) in [6.45, 7) is 3.29. The number of hydrogen-bond donors (Lipinski definition) is 0. The van der Waals surface area contributed by atoms with Crippen LogP contribution in [0.4, 0.5) is 0 Å². The zero-order valence-corrected chi connectivity index (χ0v) is 10.3. The largest absolute Gasteiger partial charge is 0.469 e. The van der Waals surface area contributed by atoms with Crippen LogP contribution in [0.2, 0.25) is 0 Å². The quantitative estimate of drug-likeness (QED) is 0.678. The fraction of sp³-hybridized carbons (Fsp3) is 0.833. The van der Waals surface area contributed by atoms with Crippen molar-refractivity contribution in [3.63, 3.8) is 0 Å². The molecule has 2 rings (SSSR count). The van der Waals surface area contributed by atoms with E-state index < -0.39 is 0 Å². The summed E-state index contributed by atoms with van der Waals surface area (Å²) in [4.78, 5) is 25.1. The Morgan fingerprint density at radius 2 is 2.35 bits per heavy atom. The van der Waals surface area contributed by atoms with Crippen molar-refractivity contribution in [3.8, 4) is 0 Å². The zero-order valence-electron chi connectivity index (χ0n) is 10.3. The smallest absolute Gasteiger partial charge is 0.311 e. The van der Waals surface area contributed by atoms with E-state index in [0.29, 0.717) is 6.54 Å². The maximum Gasteiger partial charge on any atom is 0.311 e. The summed E-state index contributed by atoms with van der Waals surface area (Å²) in [5.41, 5.74) is 0. The van der Waals surface area contributed by atoms with Gasteiger partial charge in [-0.05, 0) is 19.8 Å². The van der Waals surface area contributed by atoms with Crippen LogP contribution < -0.4 is 0 Å². The maximum absolute atomic E-state index is 11.9. The highest BCUT2D eigenvalue weighted by Crippen LogP contribution is 2.28. The first-order chi connectivity index (χ1) is 8.13. The molecule has 0 aromatic carbocycles. The molecule has 0 N–H and O–H groups in total. The second-order valence-corrected chi connectivity index (χ2v) is 4.76. The predicted molar refractivity (Wildman–Crippen MR) is 60.3 cm³/mol. The first-order valence-electron chi connectivity index (χ1n) is 6.12. The van der Waals surface area contributed by atoms with Gasteiger partial charge in [0.2, 0.25) is 5.91 Å². The fourth-order valence-electron chi connectivity index (χ4n) is 2.63. The predicted octanol–water partition coefficient (Wildman–Crippen LogP) is 0.575. The Morgan fingerprint density at radius 1 is 1.59 bits per heavy atom. The number of nitrogens with zero attached hydrogens (tertiary/aromatic N) is 1. The normalized spacial score (nSPS) is 33.2. The van der Waals surface area contributed by atoms with Gasteiger partial charge < -0.3 is 14.4 Å². The van der Waals surface area contributed by atoms with Gasteiger partial charge in [-0.1, -0.05) is 0 Å². The van der Waals surface area contributed by atoms with Crippen LogP contribution in [0, 0.1) is 5.92 Å². The number of esters is 1. The SMILES string of the molecule is COC(=O)C1CC(=O)N(CC2CCCO2)C1C. The van der Waals surface area contributed by atoms with Crippen molar-refractivity contribution >= 4 is 11.9 Å². The molecule has 3 unspecified atom stereocenters. The monoisotopic (exact) mass is 241 g/mol. The maximum atomic E-state index is 11.9. The van der Waals surface area contributed by atoms with Crippen molar-refractivity contribution in [2.24, 2.45) is 5.92 Å². The second kappa shape index (κ2) is 5.04. The van der Waals surface area contributed by atoms with Gasteiger partial charge in [-0.25, -0.2) is 0 Å². The molecule has 2 saturated heterocycles. The van der Waals surface area contributed by atoms with Crippen molar-refractivity contribution < 1.29 is 19.1 Å². The van der Waals surface area contributed by atoms with Gasteiger partial charge in [0.15, 0.2) is 0 Å². The average Bonchev–Trinajstić information content (AvgIpc) is 2.91. The number of hydrogen-bond acceptors (Lipinski definition) is 4. The van der Waals surface area contributed by atoms with Gasteiger partial charge in [0.1, 0.15) is 0 Å². The van der Waals surface area contributed by atoms with Gasteiger partial charge in [0.25, 0.3) is 0 Å². The standard InChI is InChI=1S/C12H19NO4/c1-8-10(12(15)16-2)6-11(14)13(8)7-9-4-3-5-17-9/h8-10H,3-7H2,1-2H3.